The van der Waals surface area contributed by atoms with E-state index in [-0.39, 0.29) is 43.1 Å². The van der Waals surface area contributed by atoms with Gasteiger partial charge >= 0.3 is 6.18 Å². The molecule has 184 valence electrons. The SMILES string of the molecule is O=C(c1ccccc1OCC1CCCO1)N1CCN(S(=O)(=O)c2ccc(C(F)(F)F)cc2)CC1. The molecule has 1 atom stereocenters. The molecule has 2 heterocycles. The van der Waals surface area contributed by atoms with Crippen molar-refractivity contribution in [2.75, 3.05) is 39.4 Å². The molecule has 0 N–H and O–H groups in total. The second-order valence-corrected chi connectivity index (χ2v) is 10.1. The van der Waals surface area contributed by atoms with Crippen LogP contribution in [0.25, 0.3) is 0 Å². The lowest BCUT2D eigenvalue weighted by Gasteiger charge is -2.34. The third-order valence-electron chi connectivity index (χ3n) is 5.91. The standard InChI is InChI=1S/C23H25F3N2O5S/c24-23(25,26)17-7-9-19(10-8-17)34(30,31)28-13-11-27(12-14-28)22(29)20-5-1-2-6-21(20)33-16-18-4-3-15-32-18/h1-2,5-10,18H,3-4,11-16H2. The molecule has 0 aromatic heterocycles. The van der Waals surface area contributed by atoms with Crippen LogP contribution in [0.5, 0.6) is 5.75 Å². The molecular weight excluding hydrogens is 473 g/mol. The number of carbonyl (C=O) groups excluding carboxylic acids is 1. The lowest BCUT2D eigenvalue weighted by Crippen LogP contribution is -2.50. The Morgan fingerprint density at radius 3 is 2.32 bits per heavy atom. The number of carbonyl (C=O) groups is 1. The van der Waals surface area contributed by atoms with Crippen molar-refractivity contribution in [3.8, 4) is 5.75 Å². The van der Waals surface area contributed by atoms with Crippen molar-refractivity contribution in [3.05, 3.63) is 59.7 Å². The molecule has 2 saturated heterocycles. The van der Waals surface area contributed by atoms with Gasteiger partial charge in [-0.2, -0.15) is 17.5 Å². The molecule has 7 nitrogen and oxygen atoms in total. The van der Waals surface area contributed by atoms with E-state index in [0.29, 0.717) is 24.5 Å². The summed E-state index contributed by atoms with van der Waals surface area (Å²) in [7, 11) is -3.97. The second kappa shape index (κ2) is 9.93. The van der Waals surface area contributed by atoms with Gasteiger partial charge in [-0.25, -0.2) is 8.42 Å². The summed E-state index contributed by atoms with van der Waals surface area (Å²) in [5.41, 5.74) is -0.526. The first-order valence-electron chi connectivity index (χ1n) is 11.0. The van der Waals surface area contributed by atoms with Gasteiger partial charge in [-0.15, -0.1) is 0 Å². The predicted octanol–water partition coefficient (Wildman–Crippen LogP) is 3.41. The maximum Gasteiger partial charge on any atom is 0.416 e. The van der Waals surface area contributed by atoms with Crippen molar-refractivity contribution >= 4 is 15.9 Å². The quantitative estimate of drug-likeness (QED) is 0.610. The zero-order valence-corrected chi connectivity index (χ0v) is 19.1. The first kappa shape index (κ1) is 24.5. The average molecular weight is 499 g/mol. The fraction of sp³-hybridized carbons (Fsp3) is 0.435. The molecule has 1 amide bonds. The van der Waals surface area contributed by atoms with Crippen LogP contribution in [0.3, 0.4) is 0 Å². The van der Waals surface area contributed by atoms with Gasteiger partial charge in [-0.1, -0.05) is 12.1 Å². The summed E-state index contributed by atoms with van der Waals surface area (Å²) in [5.74, 6) is 0.178. The lowest BCUT2D eigenvalue weighted by atomic mass is 10.1. The smallest absolute Gasteiger partial charge is 0.416 e. The number of para-hydroxylation sites is 1. The molecule has 2 aromatic carbocycles. The number of alkyl halides is 3. The Bertz CT molecular complexity index is 1110. The third-order valence-corrected chi connectivity index (χ3v) is 7.82. The van der Waals surface area contributed by atoms with Crippen LogP contribution in [-0.4, -0.2) is 69.0 Å². The van der Waals surface area contributed by atoms with Crippen molar-refractivity contribution in [3.63, 3.8) is 0 Å². The predicted molar refractivity (Wildman–Crippen MR) is 117 cm³/mol. The number of piperazine rings is 1. The monoisotopic (exact) mass is 498 g/mol. The Kier molecular flexibility index (Phi) is 7.15. The van der Waals surface area contributed by atoms with Gasteiger partial charge in [0.1, 0.15) is 12.4 Å². The number of benzene rings is 2. The summed E-state index contributed by atoms with van der Waals surface area (Å²) < 4.78 is 76.6. The first-order valence-corrected chi connectivity index (χ1v) is 12.4. The number of hydrogen-bond acceptors (Lipinski definition) is 5. The number of nitrogens with zero attached hydrogens (tertiary/aromatic N) is 2. The van der Waals surface area contributed by atoms with Crippen molar-refractivity contribution in [2.45, 2.75) is 30.0 Å². The van der Waals surface area contributed by atoms with E-state index >= 15 is 0 Å². The van der Waals surface area contributed by atoms with Crippen LogP contribution in [-0.2, 0) is 20.9 Å². The minimum Gasteiger partial charge on any atom is -0.490 e. The normalized spacial score (nSPS) is 19.9. The molecule has 0 saturated carbocycles. The van der Waals surface area contributed by atoms with E-state index < -0.39 is 21.8 Å². The number of rotatable bonds is 6. The van der Waals surface area contributed by atoms with Gasteiger partial charge < -0.3 is 14.4 Å². The number of hydrogen-bond donors (Lipinski definition) is 0. The summed E-state index contributed by atoms with van der Waals surface area (Å²) in [6.45, 7) is 1.43. The van der Waals surface area contributed by atoms with Crippen LogP contribution >= 0.6 is 0 Å². The van der Waals surface area contributed by atoms with Crippen LogP contribution in [0, 0.1) is 0 Å². The van der Waals surface area contributed by atoms with Crippen molar-refractivity contribution in [2.24, 2.45) is 0 Å². The minimum absolute atomic E-state index is 0.00195. The maximum atomic E-state index is 13.1. The van der Waals surface area contributed by atoms with Crippen LogP contribution in [0.2, 0.25) is 0 Å². The number of amides is 1. The minimum atomic E-state index is -4.54. The zero-order valence-electron chi connectivity index (χ0n) is 18.3. The van der Waals surface area contributed by atoms with Crippen LogP contribution in [0.1, 0.15) is 28.8 Å². The summed E-state index contributed by atoms with van der Waals surface area (Å²) in [5, 5.41) is 0. The third kappa shape index (κ3) is 5.37. The van der Waals surface area contributed by atoms with Crippen LogP contribution in [0.15, 0.2) is 53.4 Å². The summed E-state index contributed by atoms with van der Waals surface area (Å²) in [6, 6.07) is 10.3. The van der Waals surface area contributed by atoms with Gasteiger partial charge in [0, 0.05) is 32.8 Å². The summed E-state index contributed by atoms with van der Waals surface area (Å²) in [6.07, 6.45) is -2.65. The summed E-state index contributed by atoms with van der Waals surface area (Å²) >= 11 is 0. The molecule has 2 aromatic rings. The summed E-state index contributed by atoms with van der Waals surface area (Å²) in [4.78, 5) is 14.4. The molecule has 0 aliphatic carbocycles. The van der Waals surface area contributed by atoms with E-state index in [9.17, 15) is 26.4 Å². The van der Waals surface area contributed by atoms with Gasteiger partial charge in [0.05, 0.1) is 22.1 Å². The van der Waals surface area contributed by atoms with Crippen molar-refractivity contribution < 1.29 is 35.9 Å². The van der Waals surface area contributed by atoms with Crippen molar-refractivity contribution in [1.29, 1.82) is 0 Å². The second-order valence-electron chi connectivity index (χ2n) is 8.16. The number of ether oxygens (including phenoxy) is 2. The van der Waals surface area contributed by atoms with Crippen molar-refractivity contribution in [1.82, 2.24) is 9.21 Å². The van der Waals surface area contributed by atoms with E-state index in [4.69, 9.17) is 9.47 Å². The molecule has 34 heavy (non-hydrogen) atoms. The number of halogens is 3. The van der Waals surface area contributed by atoms with Gasteiger partial charge in [0.2, 0.25) is 10.0 Å². The zero-order chi connectivity index (χ0) is 24.3. The van der Waals surface area contributed by atoms with Gasteiger partial charge in [-0.05, 0) is 49.2 Å². The largest absolute Gasteiger partial charge is 0.490 e. The first-order chi connectivity index (χ1) is 16.2. The highest BCUT2D eigenvalue weighted by atomic mass is 32.2. The topological polar surface area (TPSA) is 76.2 Å². The molecule has 0 spiro atoms. The highest BCUT2D eigenvalue weighted by molar-refractivity contribution is 7.89. The average Bonchev–Trinajstić information content (AvgIpc) is 3.36. The molecule has 0 bridgehead atoms. The highest BCUT2D eigenvalue weighted by Crippen LogP contribution is 2.30. The Hall–Kier alpha value is -2.63. The highest BCUT2D eigenvalue weighted by Gasteiger charge is 2.33. The van der Waals surface area contributed by atoms with E-state index in [0.717, 1.165) is 37.1 Å². The Morgan fingerprint density at radius 2 is 1.71 bits per heavy atom. The Balaban J connectivity index is 1.39. The van der Waals surface area contributed by atoms with E-state index in [1.54, 1.807) is 29.2 Å². The molecular formula is C23H25F3N2O5S. The molecule has 1 unspecified atom stereocenters. The van der Waals surface area contributed by atoms with Gasteiger partial charge in [0.15, 0.2) is 0 Å². The molecule has 2 aliphatic heterocycles. The molecule has 4 rings (SSSR count). The van der Waals surface area contributed by atoms with Gasteiger partial charge in [0.25, 0.3) is 5.91 Å². The van der Waals surface area contributed by atoms with E-state index in [1.165, 1.54) is 4.31 Å². The number of sulfonamides is 1. The van der Waals surface area contributed by atoms with Crippen LogP contribution < -0.4 is 4.74 Å². The molecule has 2 aliphatic rings. The Labute approximate surface area is 196 Å². The van der Waals surface area contributed by atoms with E-state index in [2.05, 4.69) is 0 Å². The molecule has 11 heteroatoms. The fourth-order valence-corrected chi connectivity index (χ4v) is 5.42. The van der Waals surface area contributed by atoms with Gasteiger partial charge in [-0.3, -0.25) is 4.79 Å². The van der Waals surface area contributed by atoms with E-state index in [1.807, 2.05) is 0 Å². The molecule has 0 radical (unpaired) electrons. The lowest BCUT2D eigenvalue weighted by molar-refractivity contribution is -0.137. The maximum absolute atomic E-state index is 13.1. The van der Waals surface area contributed by atoms with Crippen LogP contribution in [0.4, 0.5) is 13.2 Å². The fourth-order valence-electron chi connectivity index (χ4n) is 3.99. The Morgan fingerprint density at radius 1 is 1.03 bits per heavy atom. The molecule has 2 fully saturated rings.